The molecule has 0 amide bonds. The van der Waals surface area contributed by atoms with E-state index in [0.29, 0.717) is 13.2 Å². The zero-order chi connectivity index (χ0) is 11.6. The van der Waals surface area contributed by atoms with Gasteiger partial charge in [-0.2, -0.15) is 0 Å². The van der Waals surface area contributed by atoms with Crippen molar-refractivity contribution in [3.63, 3.8) is 0 Å². The van der Waals surface area contributed by atoms with Crippen molar-refractivity contribution in [1.82, 2.24) is 4.98 Å². The molecule has 0 fully saturated rings. The summed E-state index contributed by atoms with van der Waals surface area (Å²) < 4.78 is 5.55. The Labute approximate surface area is 98.0 Å². The number of rotatable bonds is 8. The van der Waals surface area contributed by atoms with Gasteiger partial charge in [0.2, 0.25) is 0 Å². The summed E-state index contributed by atoms with van der Waals surface area (Å²) in [4.78, 5) is 4.28. The third kappa shape index (κ3) is 5.24. The maximum Gasteiger partial charge on any atom is 0.0887 e. The van der Waals surface area contributed by atoms with E-state index in [1.54, 1.807) is 0 Å². The standard InChI is InChI=1S/C13H22N2O/c1-2-3-4-5-8-16-11-13-7-6-12(9-14)10-15-13/h6-7,10H,2-5,8-9,11,14H2,1H3. The van der Waals surface area contributed by atoms with Gasteiger partial charge in [-0.25, -0.2) is 0 Å². The molecule has 0 bridgehead atoms. The molecule has 3 nitrogen and oxygen atoms in total. The molecule has 0 aliphatic heterocycles. The third-order valence-corrected chi connectivity index (χ3v) is 2.51. The average Bonchev–Trinajstić information content (AvgIpc) is 2.34. The molecule has 0 saturated carbocycles. The van der Waals surface area contributed by atoms with E-state index >= 15 is 0 Å². The molecule has 16 heavy (non-hydrogen) atoms. The van der Waals surface area contributed by atoms with Gasteiger partial charge in [0, 0.05) is 19.3 Å². The number of hydrogen-bond acceptors (Lipinski definition) is 3. The number of unbranched alkanes of at least 4 members (excludes halogenated alkanes) is 3. The van der Waals surface area contributed by atoms with Gasteiger partial charge in [-0.05, 0) is 18.1 Å². The molecule has 0 unspecified atom stereocenters. The highest BCUT2D eigenvalue weighted by molar-refractivity contribution is 5.13. The lowest BCUT2D eigenvalue weighted by atomic mass is 10.2. The summed E-state index contributed by atoms with van der Waals surface area (Å²) in [7, 11) is 0. The predicted molar refractivity (Wildman–Crippen MR) is 65.9 cm³/mol. The van der Waals surface area contributed by atoms with Crippen molar-refractivity contribution in [1.29, 1.82) is 0 Å². The summed E-state index contributed by atoms with van der Waals surface area (Å²) in [5.41, 5.74) is 7.54. The van der Waals surface area contributed by atoms with Crippen LogP contribution in [0.3, 0.4) is 0 Å². The molecule has 0 saturated heterocycles. The maximum atomic E-state index is 5.55. The molecule has 0 atom stereocenters. The van der Waals surface area contributed by atoms with Crippen LogP contribution in [0.2, 0.25) is 0 Å². The van der Waals surface area contributed by atoms with Crippen molar-refractivity contribution < 1.29 is 4.74 Å². The number of ether oxygens (including phenoxy) is 1. The number of hydrogen-bond donors (Lipinski definition) is 1. The topological polar surface area (TPSA) is 48.1 Å². The van der Waals surface area contributed by atoms with Crippen molar-refractivity contribution in [3.8, 4) is 0 Å². The van der Waals surface area contributed by atoms with Crippen LogP contribution in [0.1, 0.15) is 43.9 Å². The Morgan fingerprint density at radius 1 is 1.25 bits per heavy atom. The Hall–Kier alpha value is -0.930. The van der Waals surface area contributed by atoms with E-state index < -0.39 is 0 Å². The highest BCUT2D eigenvalue weighted by atomic mass is 16.5. The lowest BCUT2D eigenvalue weighted by Gasteiger charge is -2.04. The lowest BCUT2D eigenvalue weighted by Crippen LogP contribution is -2.00. The van der Waals surface area contributed by atoms with Gasteiger partial charge in [0.15, 0.2) is 0 Å². The van der Waals surface area contributed by atoms with E-state index in [1.165, 1.54) is 19.3 Å². The Morgan fingerprint density at radius 3 is 2.75 bits per heavy atom. The van der Waals surface area contributed by atoms with Gasteiger partial charge in [-0.1, -0.05) is 32.3 Å². The zero-order valence-corrected chi connectivity index (χ0v) is 10.1. The monoisotopic (exact) mass is 222 g/mol. The van der Waals surface area contributed by atoms with Crippen molar-refractivity contribution in [2.45, 2.75) is 45.8 Å². The molecular weight excluding hydrogens is 200 g/mol. The quantitative estimate of drug-likeness (QED) is 0.688. The SMILES string of the molecule is CCCCCCOCc1ccc(CN)cn1. The van der Waals surface area contributed by atoms with E-state index in [1.807, 2.05) is 18.3 Å². The third-order valence-electron chi connectivity index (χ3n) is 2.51. The van der Waals surface area contributed by atoms with Crippen LogP contribution in [0.25, 0.3) is 0 Å². The molecule has 0 aliphatic rings. The zero-order valence-electron chi connectivity index (χ0n) is 10.1. The second kappa shape index (κ2) is 8.25. The maximum absolute atomic E-state index is 5.55. The fourth-order valence-electron chi connectivity index (χ4n) is 1.47. The van der Waals surface area contributed by atoms with Crippen LogP contribution in [-0.4, -0.2) is 11.6 Å². The minimum atomic E-state index is 0.547. The largest absolute Gasteiger partial charge is 0.375 e. The molecule has 1 rings (SSSR count). The van der Waals surface area contributed by atoms with Gasteiger partial charge < -0.3 is 10.5 Å². The first-order chi connectivity index (χ1) is 7.86. The smallest absolute Gasteiger partial charge is 0.0887 e. The molecule has 0 radical (unpaired) electrons. The van der Waals surface area contributed by atoms with Gasteiger partial charge >= 0.3 is 0 Å². The number of aromatic nitrogens is 1. The van der Waals surface area contributed by atoms with Gasteiger partial charge in [0.1, 0.15) is 0 Å². The molecule has 0 aromatic carbocycles. The number of nitrogens with two attached hydrogens (primary N) is 1. The Morgan fingerprint density at radius 2 is 2.12 bits per heavy atom. The van der Waals surface area contributed by atoms with Crippen LogP contribution < -0.4 is 5.73 Å². The van der Waals surface area contributed by atoms with Gasteiger partial charge in [-0.3, -0.25) is 4.98 Å². The van der Waals surface area contributed by atoms with E-state index in [0.717, 1.165) is 24.3 Å². The summed E-state index contributed by atoms with van der Waals surface area (Å²) in [6.45, 7) is 4.20. The molecule has 2 N–H and O–H groups in total. The molecule has 3 heteroatoms. The van der Waals surface area contributed by atoms with Crippen molar-refractivity contribution in [2.24, 2.45) is 5.73 Å². The molecule has 0 spiro atoms. The Balaban J connectivity index is 2.12. The lowest BCUT2D eigenvalue weighted by molar-refractivity contribution is 0.114. The highest BCUT2D eigenvalue weighted by Crippen LogP contribution is 2.03. The first-order valence-corrected chi connectivity index (χ1v) is 6.08. The highest BCUT2D eigenvalue weighted by Gasteiger charge is 1.95. The molecule has 1 heterocycles. The summed E-state index contributed by atoms with van der Waals surface area (Å²) >= 11 is 0. The second-order valence-electron chi connectivity index (χ2n) is 3.98. The number of pyridine rings is 1. The summed E-state index contributed by atoms with van der Waals surface area (Å²) in [5, 5.41) is 0. The summed E-state index contributed by atoms with van der Waals surface area (Å²) in [5.74, 6) is 0. The fourth-order valence-corrected chi connectivity index (χ4v) is 1.47. The van der Waals surface area contributed by atoms with Crippen LogP contribution >= 0.6 is 0 Å². The summed E-state index contributed by atoms with van der Waals surface area (Å²) in [6, 6.07) is 3.98. The van der Waals surface area contributed by atoms with Crippen LogP contribution in [0.5, 0.6) is 0 Å². The van der Waals surface area contributed by atoms with E-state index in [-0.39, 0.29) is 0 Å². The van der Waals surface area contributed by atoms with Crippen molar-refractivity contribution in [3.05, 3.63) is 29.6 Å². The van der Waals surface area contributed by atoms with Crippen LogP contribution in [0.15, 0.2) is 18.3 Å². The first kappa shape index (κ1) is 13.1. The van der Waals surface area contributed by atoms with Crippen LogP contribution in [-0.2, 0) is 17.9 Å². The Bertz CT molecular complexity index is 272. The van der Waals surface area contributed by atoms with E-state index in [2.05, 4.69) is 11.9 Å². The molecule has 1 aromatic heterocycles. The average molecular weight is 222 g/mol. The minimum absolute atomic E-state index is 0.547. The molecule has 1 aromatic rings. The van der Waals surface area contributed by atoms with Crippen molar-refractivity contribution >= 4 is 0 Å². The first-order valence-electron chi connectivity index (χ1n) is 6.08. The van der Waals surface area contributed by atoms with Crippen LogP contribution in [0.4, 0.5) is 0 Å². The Kier molecular flexibility index (Phi) is 6.77. The van der Waals surface area contributed by atoms with Gasteiger partial charge in [-0.15, -0.1) is 0 Å². The van der Waals surface area contributed by atoms with Crippen LogP contribution in [0, 0.1) is 0 Å². The number of nitrogens with zero attached hydrogens (tertiary/aromatic N) is 1. The van der Waals surface area contributed by atoms with E-state index in [9.17, 15) is 0 Å². The normalized spacial score (nSPS) is 10.6. The van der Waals surface area contributed by atoms with Gasteiger partial charge in [0.05, 0.1) is 12.3 Å². The van der Waals surface area contributed by atoms with Crippen molar-refractivity contribution in [2.75, 3.05) is 6.61 Å². The second-order valence-corrected chi connectivity index (χ2v) is 3.98. The molecular formula is C13H22N2O. The van der Waals surface area contributed by atoms with Gasteiger partial charge in [0.25, 0.3) is 0 Å². The minimum Gasteiger partial charge on any atom is -0.375 e. The molecule has 90 valence electrons. The fraction of sp³-hybridized carbons (Fsp3) is 0.615. The predicted octanol–water partition coefficient (Wildman–Crippen LogP) is 2.64. The summed E-state index contributed by atoms with van der Waals surface area (Å²) in [6.07, 6.45) is 6.79. The molecule has 0 aliphatic carbocycles. The van der Waals surface area contributed by atoms with E-state index in [4.69, 9.17) is 10.5 Å².